The van der Waals surface area contributed by atoms with Crippen LogP contribution in [0.15, 0.2) is 66.9 Å². The van der Waals surface area contributed by atoms with Crippen molar-refractivity contribution in [2.45, 2.75) is 19.4 Å². The van der Waals surface area contributed by atoms with Gasteiger partial charge in [-0.3, -0.25) is 4.79 Å². The number of carbonyl (C=O) groups is 1. The molecule has 3 aromatic rings. The Morgan fingerprint density at radius 3 is 2.62 bits per heavy atom. The SMILES string of the molecule is COc1ccc(CCC(=O)NCc2cccc(Oc3ccccn3)c2)c(OC)c1. The van der Waals surface area contributed by atoms with Gasteiger partial charge < -0.3 is 19.5 Å². The second-order valence-electron chi connectivity index (χ2n) is 6.37. The number of methoxy groups -OCH3 is 2. The average molecular weight is 392 g/mol. The molecule has 0 unspecified atom stereocenters. The zero-order valence-corrected chi connectivity index (χ0v) is 16.6. The molecular weight excluding hydrogens is 368 g/mol. The van der Waals surface area contributed by atoms with Crippen LogP contribution in [-0.4, -0.2) is 25.1 Å². The molecule has 1 heterocycles. The van der Waals surface area contributed by atoms with Crippen molar-refractivity contribution >= 4 is 5.91 Å². The number of aromatic nitrogens is 1. The van der Waals surface area contributed by atoms with Gasteiger partial charge in [0, 0.05) is 31.3 Å². The Bertz CT molecular complexity index is 945. The molecule has 6 nitrogen and oxygen atoms in total. The summed E-state index contributed by atoms with van der Waals surface area (Å²) in [5.41, 5.74) is 1.92. The molecule has 6 heteroatoms. The van der Waals surface area contributed by atoms with Crippen molar-refractivity contribution in [3.8, 4) is 23.1 Å². The second-order valence-corrected chi connectivity index (χ2v) is 6.37. The van der Waals surface area contributed by atoms with Crippen LogP contribution in [-0.2, 0) is 17.8 Å². The average Bonchev–Trinajstić information content (AvgIpc) is 2.77. The standard InChI is InChI=1S/C23H24N2O4/c1-27-19-11-9-18(21(15-19)28-2)10-12-22(26)25-16-17-6-5-7-20(14-17)29-23-8-3-4-13-24-23/h3-9,11,13-15H,10,12,16H2,1-2H3,(H,25,26). The van der Waals surface area contributed by atoms with Crippen molar-refractivity contribution in [1.29, 1.82) is 0 Å². The molecule has 0 bridgehead atoms. The number of hydrogen-bond acceptors (Lipinski definition) is 5. The van der Waals surface area contributed by atoms with E-state index in [1.165, 1.54) is 0 Å². The van der Waals surface area contributed by atoms with Gasteiger partial charge in [-0.1, -0.05) is 24.3 Å². The van der Waals surface area contributed by atoms with Gasteiger partial charge in [0.05, 0.1) is 14.2 Å². The normalized spacial score (nSPS) is 10.3. The first kappa shape index (κ1) is 20.2. The lowest BCUT2D eigenvalue weighted by Crippen LogP contribution is -2.23. The number of aryl methyl sites for hydroxylation is 1. The van der Waals surface area contributed by atoms with E-state index in [4.69, 9.17) is 14.2 Å². The van der Waals surface area contributed by atoms with Gasteiger partial charge in [0.25, 0.3) is 0 Å². The zero-order chi connectivity index (χ0) is 20.5. The van der Waals surface area contributed by atoms with Gasteiger partial charge in [0.1, 0.15) is 17.2 Å². The van der Waals surface area contributed by atoms with Crippen LogP contribution in [0.2, 0.25) is 0 Å². The maximum Gasteiger partial charge on any atom is 0.220 e. The molecule has 1 amide bonds. The van der Waals surface area contributed by atoms with E-state index in [2.05, 4.69) is 10.3 Å². The van der Waals surface area contributed by atoms with E-state index in [0.717, 1.165) is 22.6 Å². The fourth-order valence-electron chi connectivity index (χ4n) is 2.84. The summed E-state index contributed by atoms with van der Waals surface area (Å²) in [6, 6.07) is 18.7. The van der Waals surface area contributed by atoms with Crippen molar-refractivity contribution in [3.63, 3.8) is 0 Å². The smallest absolute Gasteiger partial charge is 0.220 e. The van der Waals surface area contributed by atoms with Crippen LogP contribution in [0.3, 0.4) is 0 Å². The van der Waals surface area contributed by atoms with Crippen LogP contribution in [0.5, 0.6) is 23.1 Å². The van der Waals surface area contributed by atoms with Gasteiger partial charge in [-0.05, 0) is 41.8 Å². The summed E-state index contributed by atoms with van der Waals surface area (Å²) in [5.74, 6) is 2.62. The largest absolute Gasteiger partial charge is 0.497 e. The van der Waals surface area contributed by atoms with Crippen molar-refractivity contribution in [3.05, 3.63) is 78.0 Å². The maximum absolute atomic E-state index is 12.3. The highest BCUT2D eigenvalue weighted by Gasteiger charge is 2.08. The van der Waals surface area contributed by atoms with Crippen LogP contribution in [0, 0.1) is 0 Å². The first-order valence-electron chi connectivity index (χ1n) is 9.33. The molecular formula is C23H24N2O4. The molecule has 0 aliphatic carbocycles. The summed E-state index contributed by atoms with van der Waals surface area (Å²) in [4.78, 5) is 16.4. The Morgan fingerprint density at radius 1 is 0.966 bits per heavy atom. The van der Waals surface area contributed by atoms with E-state index in [1.807, 2.05) is 54.6 Å². The third kappa shape index (κ3) is 5.97. The molecule has 0 radical (unpaired) electrons. The van der Waals surface area contributed by atoms with Crippen molar-refractivity contribution in [2.24, 2.45) is 0 Å². The number of pyridine rings is 1. The molecule has 0 atom stereocenters. The van der Waals surface area contributed by atoms with Gasteiger partial charge in [-0.2, -0.15) is 0 Å². The number of rotatable bonds is 9. The van der Waals surface area contributed by atoms with E-state index in [1.54, 1.807) is 26.5 Å². The van der Waals surface area contributed by atoms with E-state index >= 15 is 0 Å². The fraction of sp³-hybridized carbons (Fsp3) is 0.217. The minimum absolute atomic E-state index is 0.0288. The monoisotopic (exact) mass is 392 g/mol. The van der Waals surface area contributed by atoms with Gasteiger partial charge in [-0.15, -0.1) is 0 Å². The lowest BCUT2D eigenvalue weighted by Gasteiger charge is -2.11. The molecule has 0 saturated heterocycles. The lowest BCUT2D eigenvalue weighted by atomic mass is 10.1. The predicted octanol–water partition coefficient (Wildman–Crippen LogP) is 4.14. The Balaban J connectivity index is 1.51. The van der Waals surface area contributed by atoms with E-state index < -0.39 is 0 Å². The number of hydrogen-bond donors (Lipinski definition) is 1. The Labute approximate surface area is 170 Å². The minimum Gasteiger partial charge on any atom is -0.497 e. The highest BCUT2D eigenvalue weighted by molar-refractivity contribution is 5.76. The highest BCUT2D eigenvalue weighted by Crippen LogP contribution is 2.25. The van der Waals surface area contributed by atoms with Crippen molar-refractivity contribution in [1.82, 2.24) is 10.3 Å². The van der Waals surface area contributed by atoms with Gasteiger partial charge in [-0.25, -0.2) is 4.98 Å². The highest BCUT2D eigenvalue weighted by atomic mass is 16.5. The first-order chi connectivity index (χ1) is 14.2. The predicted molar refractivity (Wildman–Crippen MR) is 110 cm³/mol. The number of carbonyl (C=O) groups excluding carboxylic acids is 1. The van der Waals surface area contributed by atoms with Crippen LogP contribution in [0.1, 0.15) is 17.5 Å². The fourth-order valence-corrected chi connectivity index (χ4v) is 2.84. The molecule has 0 aliphatic rings. The molecule has 29 heavy (non-hydrogen) atoms. The third-order valence-corrected chi connectivity index (χ3v) is 4.36. The second kappa shape index (κ2) is 10.1. The summed E-state index contributed by atoms with van der Waals surface area (Å²) < 4.78 is 16.3. The lowest BCUT2D eigenvalue weighted by molar-refractivity contribution is -0.121. The minimum atomic E-state index is -0.0288. The molecule has 0 saturated carbocycles. The number of benzene rings is 2. The van der Waals surface area contributed by atoms with Crippen molar-refractivity contribution in [2.75, 3.05) is 14.2 Å². The first-order valence-corrected chi connectivity index (χ1v) is 9.33. The van der Waals surface area contributed by atoms with Crippen LogP contribution in [0.25, 0.3) is 0 Å². The molecule has 3 rings (SSSR count). The summed E-state index contributed by atoms with van der Waals surface area (Å²) in [5, 5.41) is 2.94. The Kier molecular flexibility index (Phi) is 7.05. The van der Waals surface area contributed by atoms with Crippen molar-refractivity contribution < 1.29 is 19.0 Å². The van der Waals surface area contributed by atoms with Gasteiger partial charge >= 0.3 is 0 Å². The molecule has 0 spiro atoms. The summed E-state index contributed by atoms with van der Waals surface area (Å²) in [6.45, 7) is 0.429. The topological polar surface area (TPSA) is 69.7 Å². The van der Waals surface area contributed by atoms with E-state index in [9.17, 15) is 4.79 Å². The van der Waals surface area contributed by atoms with Crippen LogP contribution in [0.4, 0.5) is 0 Å². The van der Waals surface area contributed by atoms with Gasteiger partial charge in [0.2, 0.25) is 11.8 Å². The van der Waals surface area contributed by atoms with Crippen LogP contribution < -0.4 is 19.5 Å². The molecule has 2 aromatic carbocycles. The third-order valence-electron chi connectivity index (χ3n) is 4.36. The number of nitrogens with one attached hydrogen (secondary N) is 1. The Morgan fingerprint density at radius 2 is 1.86 bits per heavy atom. The molecule has 150 valence electrons. The summed E-state index contributed by atoms with van der Waals surface area (Å²) in [6.07, 6.45) is 2.63. The summed E-state index contributed by atoms with van der Waals surface area (Å²) in [7, 11) is 3.22. The molecule has 1 aromatic heterocycles. The number of amides is 1. The Hall–Kier alpha value is -3.54. The number of nitrogens with zero attached hydrogens (tertiary/aromatic N) is 1. The zero-order valence-electron chi connectivity index (χ0n) is 16.6. The van der Waals surface area contributed by atoms with E-state index in [-0.39, 0.29) is 5.91 Å². The molecule has 0 fully saturated rings. The molecule has 1 N–H and O–H groups in total. The van der Waals surface area contributed by atoms with E-state index in [0.29, 0.717) is 31.0 Å². The molecule has 0 aliphatic heterocycles. The van der Waals surface area contributed by atoms with Gasteiger partial charge in [0.15, 0.2) is 0 Å². The maximum atomic E-state index is 12.3. The summed E-state index contributed by atoms with van der Waals surface area (Å²) >= 11 is 0. The number of ether oxygens (including phenoxy) is 3. The van der Waals surface area contributed by atoms with Crippen LogP contribution >= 0.6 is 0 Å². The quantitative estimate of drug-likeness (QED) is 0.593.